The van der Waals surface area contributed by atoms with Gasteiger partial charge in [0.25, 0.3) is 0 Å². The molecule has 0 spiro atoms. The number of hydrogen-bond donors (Lipinski definition) is 3. The van der Waals surface area contributed by atoms with Gasteiger partial charge in [0.15, 0.2) is 0 Å². The molecule has 0 aliphatic carbocycles. The lowest BCUT2D eigenvalue weighted by atomic mass is 10.3. The summed E-state index contributed by atoms with van der Waals surface area (Å²) in [5.41, 5.74) is 3.11. The average molecular weight is 376 g/mol. The highest BCUT2D eigenvalue weighted by atomic mass is 79.9. The number of nitrogen functional groups attached to an aromatic ring is 1. The monoisotopic (exact) mass is 375 g/mol. The third-order valence-corrected chi connectivity index (χ3v) is 5.78. The molecule has 0 saturated heterocycles. The quantitative estimate of drug-likeness (QED) is 0.534. The Morgan fingerprint density at radius 1 is 1.15 bits per heavy atom. The van der Waals surface area contributed by atoms with Gasteiger partial charge >= 0.3 is 0 Å². The second kappa shape index (κ2) is 6.68. The van der Waals surface area contributed by atoms with Gasteiger partial charge in [0, 0.05) is 17.1 Å². The number of thiophene rings is 1. The van der Waals surface area contributed by atoms with Gasteiger partial charge in [-0.2, -0.15) is 0 Å². The maximum absolute atomic E-state index is 12.1. The molecular formula is C12H14BrN3O2S2. The molecule has 1 heterocycles. The van der Waals surface area contributed by atoms with Crippen molar-refractivity contribution in [1.82, 2.24) is 4.72 Å². The smallest absolute Gasteiger partial charge is 0.240 e. The van der Waals surface area contributed by atoms with Crippen LogP contribution in [0.2, 0.25) is 0 Å². The first-order chi connectivity index (χ1) is 9.51. The largest absolute Gasteiger partial charge is 0.324 e. The van der Waals surface area contributed by atoms with Crippen LogP contribution in [0.5, 0.6) is 0 Å². The lowest BCUT2D eigenvalue weighted by molar-refractivity contribution is 0.582. The fourth-order valence-electron chi connectivity index (χ4n) is 1.61. The van der Waals surface area contributed by atoms with E-state index in [2.05, 4.69) is 26.1 Å². The van der Waals surface area contributed by atoms with Gasteiger partial charge in [-0.1, -0.05) is 0 Å². The third kappa shape index (κ3) is 4.03. The maximum atomic E-state index is 12.1. The van der Waals surface area contributed by atoms with E-state index in [4.69, 9.17) is 5.84 Å². The molecule has 4 N–H and O–H groups in total. The minimum atomic E-state index is -3.47. The predicted octanol–water partition coefficient (Wildman–Crippen LogP) is 2.32. The number of benzene rings is 1. The lowest BCUT2D eigenvalue weighted by Crippen LogP contribution is -2.25. The fraction of sp³-hybridized carbons (Fsp3) is 0.167. The van der Waals surface area contributed by atoms with Crippen molar-refractivity contribution >= 4 is 43.0 Å². The van der Waals surface area contributed by atoms with E-state index in [0.717, 1.165) is 8.66 Å². The van der Waals surface area contributed by atoms with E-state index in [0.29, 0.717) is 18.7 Å². The molecule has 0 atom stereocenters. The van der Waals surface area contributed by atoms with E-state index in [9.17, 15) is 8.42 Å². The van der Waals surface area contributed by atoms with E-state index in [1.54, 1.807) is 23.5 Å². The average Bonchev–Trinajstić information content (AvgIpc) is 2.84. The Balaban J connectivity index is 1.96. The molecule has 20 heavy (non-hydrogen) atoms. The minimum Gasteiger partial charge on any atom is -0.324 e. The summed E-state index contributed by atoms with van der Waals surface area (Å²) in [6.07, 6.45) is 0.665. The van der Waals surface area contributed by atoms with Crippen molar-refractivity contribution < 1.29 is 8.42 Å². The summed E-state index contributed by atoms with van der Waals surface area (Å²) in [4.78, 5) is 1.35. The molecule has 0 saturated carbocycles. The number of anilines is 1. The van der Waals surface area contributed by atoms with E-state index < -0.39 is 10.0 Å². The van der Waals surface area contributed by atoms with Gasteiger partial charge in [0.2, 0.25) is 10.0 Å². The number of halogens is 1. The molecular weight excluding hydrogens is 362 g/mol. The predicted molar refractivity (Wildman–Crippen MR) is 85.2 cm³/mol. The summed E-state index contributed by atoms with van der Waals surface area (Å²) < 4.78 is 27.7. The SMILES string of the molecule is NNc1ccc(S(=O)(=O)NCCc2ccc(Br)s2)cc1. The number of hydrazine groups is 1. The Morgan fingerprint density at radius 3 is 2.40 bits per heavy atom. The Kier molecular flexibility index (Phi) is 5.17. The van der Waals surface area contributed by atoms with E-state index in [1.807, 2.05) is 12.1 Å². The third-order valence-electron chi connectivity index (χ3n) is 2.62. The normalized spacial score (nSPS) is 11.5. The van der Waals surface area contributed by atoms with Crippen molar-refractivity contribution in [2.24, 2.45) is 5.84 Å². The molecule has 0 unspecified atom stereocenters. The molecule has 0 bridgehead atoms. The molecule has 1 aromatic carbocycles. The topological polar surface area (TPSA) is 84.2 Å². The van der Waals surface area contributed by atoms with E-state index >= 15 is 0 Å². The molecule has 0 radical (unpaired) electrons. The summed E-state index contributed by atoms with van der Waals surface area (Å²) in [7, 11) is -3.47. The van der Waals surface area contributed by atoms with Crippen molar-refractivity contribution in [2.75, 3.05) is 12.0 Å². The molecule has 0 aliphatic rings. The van der Waals surface area contributed by atoms with Gasteiger partial charge in [-0.3, -0.25) is 5.84 Å². The van der Waals surface area contributed by atoms with Crippen LogP contribution in [-0.2, 0) is 16.4 Å². The van der Waals surface area contributed by atoms with Crippen LogP contribution in [0.1, 0.15) is 4.88 Å². The zero-order valence-electron chi connectivity index (χ0n) is 10.5. The van der Waals surface area contributed by atoms with Crippen LogP contribution in [0, 0.1) is 0 Å². The van der Waals surface area contributed by atoms with Gasteiger partial charge in [0.1, 0.15) is 0 Å². The van der Waals surface area contributed by atoms with Gasteiger partial charge in [-0.15, -0.1) is 11.3 Å². The van der Waals surface area contributed by atoms with Gasteiger partial charge < -0.3 is 5.43 Å². The van der Waals surface area contributed by atoms with Crippen molar-refractivity contribution in [3.05, 3.63) is 45.1 Å². The Hall–Kier alpha value is -0.930. The molecule has 0 fully saturated rings. The molecule has 2 rings (SSSR count). The number of nitrogens with two attached hydrogens (primary N) is 1. The molecule has 108 valence electrons. The van der Waals surface area contributed by atoms with Crippen LogP contribution in [-0.4, -0.2) is 15.0 Å². The Morgan fingerprint density at radius 2 is 1.85 bits per heavy atom. The van der Waals surface area contributed by atoms with Crippen molar-refractivity contribution in [3.63, 3.8) is 0 Å². The first-order valence-electron chi connectivity index (χ1n) is 5.82. The highest BCUT2D eigenvalue weighted by Gasteiger charge is 2.13. The van der Waals surface area contributed by atoms with Crippen LogP contribution < -0.4 is 16.0 Å². The Bertz CT molecular complexity index is 668. The minimum absolute atomic E-state index is 0.226. The van der Waals surface area contributed by atoms with Gasteiger partial charge in [-0.25, -0.2) is 13.1 Å². The molecule has 8 heteroatoms. The fourth-order valence-corrected chi connectivity index (χ4v) is 4.12. The number of sulfonamides is 1. The molecule has 1 aromatic heterocycles. The van der Waals surface area contributed by atoms with Crippen LogP contribution in [0.15, 0.2) is 45.1 Å². The second-order valence-electron chi connectivity index (χ2n) is 4.02. The number of nitrogens with one attached hydrogen (secondary N) is 2. The molecule has 0 amide bonds. The number of rotatable bonds is 6. The molecule has 0 aliphatic heterocycles. The molecule has 5 nitrogen and oxygen atoms in total. The van der Waals surface area contributed by atoms with Crippen LogP contribution in [0.25, 0.3) is 0 Å². The van der Waals surface area contributed by atoms with Crippen LogP contribution in [0.3, 0.4) is 0 Å². The summed E-state index contributed by atoms with van der Waals surface area (Å²) in [6.45, 7) is 0.367. The van der Waals surface area contributed by atoms with Gasteiger partial charge in [-0.05, 0) is 58.7 Å². The summed E-state index contributed by atoms with van der Waals surface area (Å²) in [6, 6.07) is 10.2. The number of hydrogen-bond acceptors (Lipinski definition) is 5. The zero-order chi connectivity index (χ0) is 14.6. The van der Waals surface area contributed by atoms with Crippen molar-refractivity contribution in [1.29, 1.82) is 0 Å². The van der Waals surface area contributed by atoms with E-state index in [-0.39, 0.29) is 4.90 Å². The Labute approximate surface area is 130 Å². The first kappa shape index (κ1) is 15.5. The maximum Gasteiger partial charge on any atom is 0.240 e. The lowest BCUT2D eigenvalue weighted by Gasteiger charge is -2.07. The van der Waals surface area contributed by atoms with Crippen molar-refractivity contribution in [3.8, 4) is 0 Å². The van der Waals surface area contributed by atoms with E-state index in [1.165, 1.54) is 12.1 Å². The highest BCUT2D eigenvalue weighted by molar-refractivity contribution is 9.11. The van der Waals surface area contributed by atoms with Crippen LogP contribution >= 0.6 is 27.3 Å². The summed E-state index contributed by atoms with van der Waals surface area (Å²) in [5.74, 6) is 5.24. The molecule has 2 aromatic rings. The standard InChI is InChI=1S/C12H14BrN3O2S2/c13-12-6-3-10(19-12)7-8-15-20(17,18)11-4-1-9(16-14)2-5-11/h1-6,15-16H,7-8,14H2. The summed E-state index contributed by atoms with van der Waals surface area (Å²) >= 11 is 4.98. The highest BCUT2D eigenvalue weighted by Crippen LogP contribution is 2.22. The van der Waals surface area contributed by atoms with Crippen LogP contribution in [0.4, 0.5) is 5.69 Å². The zero-order valence-corrected chi connectivity index (χ0v) is 13.7. The summed E-state index contributed by atoms with van der Waals surface area (Å²) in [5, 5.41) is 0. The van der Waals surface area contributed by atoms with Crippen molar-refractivity contribution in [2.45, 2.75) is 11.3 Å². The first-order valence-corrected chi connectivity index (χ1v) is 8.91. The van der Waals surface area contributed by atoms with Gasteiger partial charge in [0.05, 0.1) is 8.68 Å². The second-order valence-corrected chi connectivity index (χ2v) is 8.34.